The number of ether oxygens (including phenoxy) is 1. The van der Waals surface area contributed by atoms with Gasteiger partial charge in [0, 0.05) is 0 Å². The number of nitrogens with zero attached hydrogens (tertiary/aromatic N) is 2. The number of halogens is 3. The molecule has 6 nitrogen and oxygen atoms in total. The van der Waals surface area contributed by atoms with Crippen molar-refractivity contribution in [3.05, 3.63) is 56.5 Å². The number of rotatable bonds is 5. The predicted octanol–water partition coefficient (Wildman–Crippen LogP) is 4.75. The maximum atomic E-state index is 13.3. The highest BCUT2D eigenvalue weighted by Crippen LogP contribution is 2.35. The number of imidazole rings is 1. The van der Waals surface area contributed by atoms with Gasteiger partial charge in [-0.3, -0.25) is 0 Å². The number of benzene rings is 2. The third-order valence-corrected chi connectivity index (χ3v) is 4.67. The summed E-state index contributed by atoms with van der Waals surface area (Å²) in [5.41, 5.74) is 1.95. The first-order valence-corrected chi connectivity index (χ1v) is 9.07. The maximum absolute atomic E-state index is 13.3. The van der Waals surface area contributed by atoms with Gasteiger partial charge in [0.15, 0.2) is 6.61 Å². The molecule has 0 saturated carbocycles. The van der Waals surface area contributed by atoms with Crippen molar-refractivity contribution in [3.8, 4) is 11.8 Å². The number of carboxylic acid groups (broad SMARTS) is 1. The van der Waals surface area contributed by atoms with E-state index < -0.39 is 18.4 Å². The second kappa shape index (κ2) is 7.90. The number of hydrogen-bond donors (Lipinski definition) is 2. The molecule has 0 saturated heterocycles. The second-order valence-corrected chi connectivity index (χ2v) is 7.12. The molecule has 27 heavy (non-hydrogen) atoms. The van der Waals surface area contributed by atoms with E-state index in [4.69, 9.17) is 9.84 Å². The summed E-state index contributed by atoms with van der Waals surface area (Å²) in [6.45, 7) is -0.481. The van der Waals surface area contributed by atoms with Crippen LogP contribution in [0.2, 0.25) is 0 Å². The molecule has 0 atom stereocenters. The number of hydrogen-bond acceptors (Lipinski definition) is 4. The molecule has 3 aromatic rings. The molecule has 3 rings (SSSR count). The molecule has 2 aromatic carbocycles. The van der Waals surface area contributed by atoms with Crippen LogP contribution in [0.1, 0.15) is 11.4 Å². The quantitative estimate of drug-likeness (QED) is 0.498. The molecule has 0 aliphatic rings. The molecule has 0 spiro atoms. The van der Waals surface area contributed by atoms with Crippen molar-refractivity contribution in [2.45, 2.75) is 0 Å². The molecule has 2 N–H and O–H groups in total. The number of aromatic amines is 1. The zero-order chi connectivity index (χ0) is 19.6. The van der Waals surface area contributed by atoms with Crippen molar-refractivity contribution >= 4 is 60.5 Å². The number of allylic oxidation sites excluding steroid dienone is 1. The first-order valence-electron chi connectivity index (χ1n) is 7.48. The Kier molecular flexibility index (Phi) is 5.58. The van der Waals surface area contributed by atoms with E-state index in [0.717, 1.165) is 0 Å². The summed E-state index contributed by atoms with van der Waals surface area (Å²) in [5, 5.41) is 18.2. The minimum atomic E-state index is -1.09. The molecule has 1 aromatic heterocycles. The van der Waals surface area contributed by atoms with Gasteiger partial charge in [-0.25, -0.2) is 14.2 Å². The number of carboxylic acids is 1. The van der Waals surface area contributed by atoms with Crippen molar-refractivity contribution in [1.82, 2.24) is 9.97 Å². The van der Waals surface area contributed by atoms with Gasteiger partial charge in [-0.2, -0.15) is 5.26 Å². The monoisotopic (exact) mass is 493 g/mol. The van der Waals surface area contributed by atoms with Gasteiger partial charge < -0.3 is 14.8 Å². The zero-order valence-electron chi connectivity index (χ0n) is 13.5. The smallest absolute Gasteiger partial charge is 0.341 e. The zero-order valence-corrected chi connectivity index (χ0v) is 16.6. The molecule has 0 aliphatic heterocycles. The molecule has 0 bridgehead atoms. The molecule has 0 aliphatic carbocycles. The lowest BCUT2D eigenvalue weighted by Gasteiger charge is -2.09. The SMILES string of the molecule is N#C/C(=C/c1cc(Br)c(OCC(=O)O)c(Br)c1)c1nc2ccc(F)cc2[nH]1. The summed E-state index contributed by atoms with van der Waals surface area (Å²) in [6.07, 6.45) is 1.60. The van der Waals surface area contributed by atoms with E-state index in [-0.39, 0.29) is 5.57 Å². The molecular weight excluding hydrogens is 485 g/mol. The van der Waals surface area contributed by atoms with Gasteiger partial charge in [0.2, 0.25) is 0 Å². The van der Waals surface area contributed by atoms with E-state index in [1.165, 1.54) is 18.2 Å². The fourth-order valence-electron chi connectivity index (χ4n) is 2.36. The predicted molar refractivity (Wildman–Crippen MR) is 105 cm³/mol. The van der Waals surface area contributed by atoms with Gasteiger partial charge >= 0.3 is 5.97 Å². The van der Waals surface area contributed by atoms with Crippen molar-refractivity contribution < 1.29 is 19.0 Å². The lowest BCUT2D eigenvalue weighted by molar-refractivity contribution is -0.139. The highest BCUT2D eigenvalue weighted by Gasteiger charge is 2.13. The molecule has 0 unspecified atom stereocenters. The largest absolute Gasteiger partial charge is 0.480 e. The Morgan fingerprint density at radius 2 is 2.04 bits per heavy atom. The standard InChI is InChI=1S/C18H10Br2FN3O3/c19-12-4-9(5-13(20)17(12)27-8-16(25)26)3-10(7-22)18-23-14-2-1-11(21)6-15(14)24-18/h1-6H,8H2,(H,23,24)(H,25,26)/b10-3-. The minimum absolute atomic E-state index is 0.254. The summed E-state index contributed by atoms with van der Waals surface area (Å²) in [4.78, 5) is 17.9. The lowest BCUT2D eigenvalue weighted by Crippen LogP contribution is -2.10. The Morgan fingerprint density at radius 3 is 2.67 bits per heavy atom. The van der Waals surface area contributed by atoms with Crippen LogP contribution in [0.25, 0.3) is 22.7 Å². The summed E-state index contributed by atoms with van der Waals surface area (Å²) in [7, 11) is 0. The van der Waals surface area contributed by atoms with Crippen molar-refractivity contribution in [1.29, 1.82) is 5.26 Å². The summed E-state index contributed by atoms with van der Waals surface area (Å²) < 4.78 is 19.6. The minimum Gasteiger partial charge on any atom is -0.480 e. The summed E-state index contributed by atoms with van der Waals surface area (Å²) in [6, 6.07) is 9.57. The van der Waals surface area contributed by atoms with Crippen LogP contribution in [0.15, 0.2) is 39.3 Å². The third kappa shape index (κ3) is 4.35. The average molecular weight is 495 g/mol. The topological polar surface area (TPSA) is 99.0 Å². The Hall–Kier alpha value is -2.70. The van der Waals surface area contributed by atoms with E-state index in [1.54, 1.807) is 18.2 Å². The highest BCUT2D eigenvalue weighted by molar-refractivity contribution is 9.11. The summed E-state index contributed by atoms with van der Waals surface area (Å²) >= 11 is 6.65. The number of carbonyl (C=O) groups is 1. The summed E-state index contributed by atoms with van der Waals surface area (Å²) in [5.74, 6) is -0.834. The van der Waals surface area contributed by atoms with E-state index in [0.29, 0.717) is 37.1 Å². The Balaban J connectivity index is 1.97. The van der Waals surface area contributed by atoms with Gasteiger partial charge in [-0.1, -0.05) is 0 Å². The number of H-pyrrole nitrogens is 1. The third-order valence-electron chi connectivity index (χ3n) is 3.49. The Labute approximate surface area is 169 Å². The second-order valence-electron chi connectivity index (χ2n) is 5.41. The van der Waals surface area contributed by atoms with Gasteiger partial charge in [0.25, 0.3) is 0 Å². The molecule has 1 heterocycles. The van der Waals surface area contributed by atoms with Crippen LogP contribution in [-0.4, -0.2) is 27.7 Å². The molecule has 0 amide bonds. The molecular formula is C18H10Br2FN3O3. The van der Waals surface area contributed by atoms with Crippen LogP contribution in [-0.2, 0) is 4.79 Å². The molecule has 0 fully saturated rings. The van der Waals surface area contributed by atoms with Crippen molar-refractivity contribution in [3.63, 3.8) is 0 Å². The normalized spacial score (nSPS) is 11.4. The highest BCUT2D eigenvalue weighted by atomic mass is 79.9. The van der Waals surface area contributed by atoms with Gasteiger partial charge in [0.1, 0.15) is 23.5 Å². The van der Waals surface area contributed by atoms with Crippen LogP contribution < -0.4 is 4.74 Å². The van der Waals surface area contributed by atoms with Crippen LogP contribution in [0.4, 0.5) is 4.39 Å². The van der Waals surface area contributed by atoms with Crippen LogP contribution in [0.5, 0.6) is 5.75 Å². The van der Waals surface area contributed by atoms with Gasteiger partial charge in [0.05, 0.1) is 25.6 Å². The number of fused-ring (bicyclic) bond motifs is 1. The lowest BCUT2D eigenvalue weighted by atomic mass is 10.1. The van der Waals surface area contributed by atoms with E-state index in [9.17, 15) is 14.4 Å². The number of nitriles is 1. The molecule has 136 valence electrons. The Bertz CT molecular complexity index is 1100. The fourth-order valence-corrected chi connectivity index (χ4v) is 3.82. The van der Waals surface area contributed by atoms with Crippen molar-refractivity contribution in [2.24, 2.45) is 0 Å². The fraction of sp³-hybridized carbons (Fsp3) is 0.0556. The van der Waals surface area contributed by atoms with Crippen LogP contribution in [0, 0.1) is 17.1 Å². The Morgan fingerprint density at radius 1 is 1.33 bits per heavy atom. The van der Waals surface area contributed by atoms with E-state index in [2.05, 4.69) is 47.9 Å². The van der Waals surface area contributed by atoms with E-state index >= 15 is 0 Å². The van der Waals surface area contributed by atoms with Crippen LogP contribution >= 0.6 is 31.9 Å². The van der Waals surface area contributed by atoms with Crippen LogP contribution in [0.3, 0.4) is 0 Å². The first-order chi connectivity index (χ1) is 12.9. The van der Waals surface area contributed by atoms with Gasteiger partial charge in [-0.05, 0) is 73.8 Å². The number of aliphatic carboxylic acids is 1. The number of nitrogens with one attached hydrogen (secondary N) is 1. The van der Waals surface area contributed by atoms with Gasteiger partial charge in [-0.15, -0.1) is 0 Å². The first kappa shape index (κ1) is 19.1. The molecule has 0 radical (unpaired) electrons. The average Bonchev–Trinajstić information content (AvgIpc) is 3.01. The van der Waals surface area contributed by atoms with E-state index in [1.807, 2.05) is 0 Å². The number of aromatic nitrogens is 2. The molecule has 9 heteroatoms. The maximum Gasteiger partial charge on any atom is 0.341 e. The van der Waals surface area contributed by atoms with Crippen molar-refractivity contribution in [2.75, 3.05) is 6.61 Å².